The van der Waals surface area contributed by atoms with E-state index < -0.39 is 24.4 Å². The van der Waals surface area contributed by atoms with Gasteiger partial charge in [-0.05, 0) is 18.1 Å². The number of para-hydroxylation sites is 1. The van der Waals surface area contributed by atoms with Crippen molar-refractivity contribution in [1.29, 1.82) is 0 Å². The van der Waals surface area contributed by atoms with Gasteiger partial charge in [-0.2, -0.15) is 0 Å². The summed E-state index contributed by atoms with van der Waals surface area (Å²) in [6.45, 7) is 1.88. The average Bonchev–Trinajstić information content (AvgIpc) is 3.10. The molecular weight excluding hydrogens is 367 g/mol. The minimum absolute atomic E-state index is 0.0237. The van der Waals surface area contributed by atoms with Crippen LogP contribution in [0.25, 0.3) is 0 Å². The van der Waals surface area contributed by atoms with Crippen molar-refractivity contribution in [3.8, 4) is 0 Å². The molecule has 9 heteroatoms. The highest BCUT2D eigenvalue weighted by molar-refractivity contribution is 5.97. The number of carbonyl (C=O) groups is 2. The lowest BCUT2D eigenvalue weighted by Gasteiger charge is -2.42. The molecule has 8 nitrogen and oxygen atoms in total. The lowest BCUT2D eigenvalue weighted by atomic mass is 10.1. The number of hydrogen-bond donors (Lipinski definition) is 3. The molecule has 0 aliphatic carbocycles. The first-order valence-corrected chi connectivity index (χ1v) is 9.61. The fourth-order valence-corrected chi connectivity index (χ4v) is 4.20. The number of morpholine rings is 1. The topological polar surface area (TPSA) is 94.1 Å². The maximum Gasteiger partial charge on any atom is 0.258 e. The predicted molar refractivity (Wildman–Crippen MR) is 99.3 cm³/mol. The number of fused-ring (bicyclic) bond motifs is 1. The average molecular weight is 392 g/mol. The van der Waals surface area contributed by atoms with Crippen LogP contribution in [-0.4, -0.2) is 79.3 Å². The Morgan fingerprint density at radius 3 is 2.79 bits per heavy atom. The van der Waals surface area contributed by atoms with E-state index in [4.69, 9.17) is 4.74 Å². The van der Waals surface area contributed by atoms with Crippen molar-refractivity contribution in [3.63, 3.8) is 0 Å². The number of aliphatic hydroxyl groups excluding tert-OH is 1. The number of benzene rings is 1. The third-order valence-corrected chi connectivity index (χ3v) is 5.59. The molecule has 2 fully saturated rings. The minimum atomic E-state index is -1.71. The van der Waals surface area contributed by atoms with E-state index in [9.17, 15) is 19.1 Å². The first kappa shape index (κ1) is 19.3. The van der Waals surface area contributed by atoms with Gasteiger partial charge in [0.25, 0.3) is 5.91 Å². The van der Waals surface area contributed by atoms with Gasteiger partial charge in [-0.3, -0.25) is 19.8 Å². The normalized spacial score (nSPS) is 30.8. The minimum Gasteiger partial charge on any atom is -0.394 e. The van der Waals surface area contributed by atoms with E-state index in [2.05, 4.69) is 10.6 Å². The summed E-state index contributed by atoms with van der Waals surface area (Å²) in [7, 11) is 0. The number of hydrogen-bond acceptors (Lipinski definition) is 6. The Balaban J connectivity index is 1.47. The highest BCUT2D eigenvalue weighted by Gasteiger charge is 2.42. The Morgan fingerprint density at radius 2 is 2.04 bits per heavy atom. The molecule has 0 aromatic heterocycles. The van der Waals surface area contributed by atoms with Gasteiger partial charge < -0.3 is 20.1 Å². The number of amides is 2. The third-order valence-electron chi connectivity index (χ3n) is 5.59. The number of carbonyl (C=O) groups excluding carboxylic acids is 2. The van der Waals surface area contributed by atoms with Crippen LogP contribution < -0.4 is 15.5 Å². The highest BCUT2D eigenvalue weighted by Crippen LogP contribution is 2.32. The molecule has 0 radical (unpaired) electrons. The first-order valence-electron chi connectivity index (χ1n) is 9.61. The lowest BCUT2D eigenvalue weighted by molar-refractivity contribution is -0.137. The van der Waals surface area contributed by atoms with Crippen molar-refractivity contribution in [1.82, 2.24) is 15.5 Å². The van der Waals surface area contributed by atoms with E-state index >= 15 is 0 Å². The number of ether oxygens (including phenoxy) is 1. The van der Waals surface area contributed by atoms with Gasteiger partial charge in [0.05, 0.1) is 38.4 Å². The number of nitrogens with one attached hydrogen (secondary N) is 2. The Morgan fingerprint density at radius 1 is 1.29 bits per heavy atom. The molecule has 3 aliphatic heterocycles. The molecular formula is C19H25FN4O4. The fourth-order valence-electron chi connectivity index (χ4n) is 4.20. The molecule has 2 amide bonds. The number of anilines is 1. The van der Waals surface area contributed by atoms with Crippen LogP contribution in [-0.2, 0) is 20.7 Å². The lowest BCUT2D eigenvalue weighted by Crippen LogP contribution is -2.69. The number of aliphatic hydroxyl groups is 1. The Bertz CT molecular complexity index is 742. The summed E-state index contributed by atoms with van der Waals surface area (Å²) in [6.07, 6.45) is -2.60. The van der Waals surface area contributed by atoms with Gasteiger partial charge in [0.1, 0.15) is 6.17 Å². The zero-order valence-corrected chi connectivity index (χ0v) is 15.5. The number of halogens is 1. The molecule has 152 valence electrons. The number of nitrogens with zero attached hydrogens (tertiary/aromatic N) is 2. The summed E-state index contributed by atoms with van der Waals surface area (Å²) in [5.74, 6) is -0.937. The molecule has 0 saturated carbocycles. The maximum atomic E-state index is 14.5. The van der Waals surface area contributed by atoms with Crippen molar-refractivity contribution in [3.05, 3.63) is 29.8 Å². The summed E-state index contributed by atoms with van der Waals surface area (Å²) >= 11 is 0. The fraction of sp³-hybridized carbons (Fsp3) is 0.579. The first-order chi connectivity index (χ1) is 13.6. The Hall–Kier alpha value is -2.07. The van der Waals surface area contributed by atoms with Crippen molar-refractivity contribution < 1.29 is 23.8 Å². The van der Waals surface area contributed by atoms with Crippen LogP contribution >= 0.6 is 0 Å². The van der Waals surface area contributed by atoms with E-state index in [1.807, 2.05) is 29.2 Å². The predicted octanol–water partition coefficient (Wildman–Crippen LogP) is -0.631. The highest BCUT2D eigenvalue weighted by atomic mass is 19.1. The SMILES string of the molecule is O=C1NC(CC(=O)N2c3ccccc3CC2CO)NC(N2CCOCC2)C1F. The summed E-state index contributed by atoms with van der Waals surface area (Å²) in [5, 5.41) is 15.3. The van der Waals surface area contributed by atoms with Crippen LogP contribution in [0.5, 0.6) is 0 Å². The molecule has 0 bridgehead atoms. The standard InChI is InChI=1S/C19H25FN4O4/c20-17-18(23-5-7-28-8-6-23)21-15(22-19(17)27)10-16(26)24-13(11-25)9-12-3-1-2-4-14(12)24/h1-4,13,15,17-18,21,25H,5-11H2,(H,22,27). The van der Waals surface area contributed by atoms with Crippen molar-refractivity contribution in [2.45, 2.75) is 37.4 Å². The van der Waals surface area contributed by atoms with Crippen molar-refractivity contribution in [2.24, 2.45) is 0 Å². The molecule has 4 unspecified atom stereocenters. The summed E-state index contributed by atoms with van der Waals surface area (Å²) < 4.78 is 19.8. The molecule has 28 heavy (non-hydrogen) atoms. The van der Waals surface area contributed by atoms with Gasteiger partial charge in [0.15, 0.2) is 0 Å². The van der Waals surface area contributed by atoms with Crippen molar-refractivity contribution >= 4 is 17.5 Å². The molecule has 3 heterocycles. The van der Waals surface area contributed by atoms with E-state index in [0.717, 1.165) is 11.3 Å². The Labute approximate surface area is 162 Å². The quantitative estimate of drug-likeness (QED) is 0.632. The summed E-state index contributed by atoms with van der Waals surface area (Å²) in [5.41, 5.74) is 1.78. The Kier molecular flexibility index (Phi) is 5.58. The van der Waals surface area contributed by atoms with Crippen LogP contribution in [0.4, 0.5) is 10.1 Å². The molecule has 4 atom stereocenters. The number of alkyl halides is 1. The second kappa shape index (κ2) is 8.12. The summed E-state index contributed by atoms with van der Waals surface area (Å²) in [4.78, 5) is 28.6. The van der Waals surface area contributed by atoms with Crippen LogP contribution in [0.3, 0.4) is 0 Å². The van der Waals surface area contributed by atoms with Crippen LogP contribution in [0.2, 0.25) is 0 Å². The van der Waals surface area contributed by atoms with E-state index in [1.165, 1.54) is 0 Å². The second-order valence-corrected chi connectivity index (χ2v) is 7.36. The van der Waals surface area contributed by atoms with Crippen LogP contribution in [0, 0.1) is 0 Å². The van der Waals surface area contributed by atoms with Gasteiger partial charge in [0.2, 0.25) is 12.1 Å². The molecule has 4 rings (SSSR count). The largest absolute Gasteiger partial charge is 0.394 e. The van der Waals surface area contributed by atoms with Crippen LogP contribution in [0.15, 0.2) is 24.3 Å². The molecule has 1 aromatic rings. The van der Waals surface area contributed by atoms with E-state index in [0.29, 0.717) is 32.7 Å². The third kappa shape index (κ3) is 3.62. The van der Waals surface area contributed by atoms with Gasteiger partial charge in [0, 0.05) is 18.8 Å². The molecule has 3 aliphatic rings. The van der Waals surface area contributed by atoms with E-state index in [-0.39, 0.29) is 25.0 Å². The molecule has 1 aromatic carbocycles. The van der Waals surface area contributed by atoms with Gasteiger partial charge >= 0.3 is 0 Å². The molecule has 0 spiro atoms. The number of rotatable bonds is 4. The van der Waals surface area contributed by atoms with Gasteiger partial charge in [-0.1, -0.05) is 18.2 Å². The maximum absolute atomic E-state index is 14.5. The molecule has 3 N–H and O–H groups in total. The van der Waals surface area contributed by atoms with Crippen LogP contribution in [0.1, 0.15) is 12.0 Å². The monoisotopic (exact) mass is 392 g/mol. The second-order valence-electron chi connectivity index (χ2n) is 7.36. The smallest absolute Gasteiger partial charge is 0.258 e. The van der Waals surface area contributed by atoms with Crippen molar-refractivity contribution in [2.75, 3.05) is 37.8 Å². The summed E-state index contributed by atoms with van der Waals surface area (Å²) in [6, 6.07) is 7.21. The zero-order valence-electron chi connectivity index (χ0n) is 15.5. The zero-order chi connectivity index (χ0) is 19.7. The van der Waals surface area contributed by atoms with E-state index in [1.54, 1.807) is 4.90 Å². The molecule has 2 saturated heterocycles. The van der Waals surface area contributed by atoms with Gasteiger partial charge in [-0.25, -0.2) is 4.39 Å². The van der Waals surface area contributed by atoms with Gasteiger partial charge in [-0.15, -0.1) is 0 Å².